The maximum atomic E-state index is 13.2. The average Bonchev–Trinajstić information content (AvgIpc) is 3.30. The van der Waals surface area contributed by atoms with Crippen LogP contribution in [0.15, 0.2) is 18.2 Å². The zero-order valence-electron chi connectivity index (χ0n) is 22.9. The first-order valence-electron chi connectivity index (χ1n) is 13.7. The quantitative estimate of drug-likeness (QED) is 0.447. The number of piperidine rings is 2. The fraction of sp³-hybridized carbons (Fsp3) is 0.630. The summed E-state index contributed by atoms with van der Waals surface area (Å²) in [5.41, 5.74) is 0.00567. The standard InChI is InChI=1S/C27H31F6N3O7/c28-26(29,30)23(27(31,32)33)43-24(42)35-10-5-25(6-11-35)4-1-7-36(25)15-16-12-18(14-19(13-16)22(40)41)20(37)34-8-2-17(3-9-34)21(38)39/h12-14,17,23H,1-11,15H2,(H,38,39)(H,40,41). The maximum absolute atomic E-state index is 13.2. The van der Waals surface area contributed by atoms with Gasteiger partial charge in [-0.25, -0.2) is 9.59 Å². The normalized spacial score (nSPS) is 20.1. The van der Waals surface area contributed by atoms with Crippen molar-refractivity contribution in [3.63, 3.8) is 0 Å². The Morgan fingerprint density at radius 3 is 1.95 bits per heavy atom. The zero-order chi connectivity index (χ0) is 31.7. The van der Waals surface area contributed by atoms with Gasteiger partial charge in [0.1, 0.15) is 0 Å². The number of benzene rings is 1. The first-order valence-corrected chi connectivity index (χ1v) is 13.7. The molecule has 3 heterocycles. The molecule has 16 heteroatoms. The SMILES string of the molecule is O=C(O)c1cc(CN2CCCC23CCN(C(=O)OC(C(F)(F)F)C(F)(F)F)CC3)cc(C(=O)N2CCC(C(=O)O)CC2)c1. The summed E-state index contributed by atoms with van der Waals surface area (Å²) >= 11 is 0. The summed E-state index contributed by atoms with van der Waals surface area (Å²) in [4.78, 5) is 52.9. The van der Waals surface area contributed by atoms with Gasteiger partial charge in [0, 0.05) is 43.8 Å². The molecule has 0 bridgehead atoms. The minimum Gasteiger partial charge on any atom is -0.481 e. The summed E-state index contributed by atoms with van der Waals surface area (Å²) in [6.07, 6.45) is -15.1. The zero-order valence-corrected chi connectivity index (χ0v) is 22.9. The van der Waals surface area contributed by atoms with Crippen molar-refractivity contribution in [1.82, 2.24) is 14.7 Å². The number of carboxylic acids is 2. The number of carbonyl (C=O) groups is 4. The van der Waals surface area contributed by atoms with Crippen LogP contribution >= 0.6 is 0 Å². The van der Waals surface area contributed by atoms with Crippen LogP contribution in [0.4, 0.5) is 31.1 Å². The molecule has 10 nitrogen and oxygen atoms in total. The third-order valence-electron chi connectivity index (χ3n) is 8.50. The van der Waals surface area contributed by atoms with Crippen molar-refractivity contribution < 1.29 is 60.5 Å². The number of carbonyl (C=O) groups excluding carboxylic acids is 2. The summed E-state index contributed by atoms with van der Waals surface area (Å²) in [6.45, 7) is 0.938. The van der Waals surface area contributed by atoms with Crippen LogP contribution in [0.1, 0.15) is 64.8 Å². The molecule has 0 aromatic heterocycles. The molecule has 3 saturated heterocycles. The highest BCUT2D eigenvalue weighted by Crippen LogP contribution is 2.41. The molecule has 0 radical (unpaired) electrons. The van der Waals surface area contributed by atoms with Gasteiger partial charge in [-0.1, -0.05) is 0 Å². The van der Waals surface area contributed by atoms with Gasteiger partial charge in [0.2, 0.25) is 0 Å². The van der Waals surface area contributed by atoms with E-state index in [4.69, 9.17) is 0 Å². The minimum atomic E-state index is -5.81. The highest BCUT2D eigenvalue weighted by Gasteiger charge is 2.60. The molecule has 0 unspecified atom stereocenters. The second-order valence-corrected chi connectivity index (χ2v) is 11.2. The Bertz CT molecular complexity index is 1220. The first-order chi connectivity index (χ1) is 20.0. The summed E-state index contributed by atoms with van der Waals surface area (Å²) in [6, 6.07) is 4.27. The number of alkyl halides is 6. The molecule has 2 N–H and O–H groups in total. The van der Waals surface area contributed by atoms with Crippen molar-refractivity contribution in [3.05, 3.63) is 34.9 Å². The first kappa shape index (κ1) is 32.4. The van der Waals surface area contributed by atoms with Crippen molar-refractivity contribution in [2.75, 3.05) is 32.7 Å². The van der Waals surface area contributed by atoms with E-state index < -0.39 is 53.9 Å². The molecule has 0 saturated carbocycles. The molecular weight excluding hydrogens is 592 g/mol. The Morgan fingerprint density at radius 2 is 1.42 bits per heavy atom. The number of nitrogens with zero attached hydrogens (tertiary/aromatic N) is 3. The molecular formula is C27H31F6N3O7. The lowest BCUT2D eigenvalue weighted by Crippen LogP contribution is -2.54. The van der Waals surface area contributed by atoms with Gasteiger partial charge in [-0.2, -0.15) is 26.3 Å². The molecule has 1 aromatic carbocycles. The molecule has 0 aliphatic carbocycles. The lowest BCUT2D eigenvalue weighted by atomic mass is 9.84. The van der Waals surface area contributed by atoms with Crippen molar-refractivity contribution in [2.45, 2.75) is 69.1 Å². The van der Waals surface area contributed by atoms with Crippen LogP contribution in [-0.2, 0) is 16.1 Å². The van der Waals surface area contributed by atoms with Gasteiger partial charge < -0.3 is 24.7 Å². The van der Waals surface area contributed by atoms with Gasteiger partial charge in [0.05, 0.1) is 11.5 Å². The van der Waals surface area contributed by atoms with Gasteiger partial charge in [0.15, 0.2) is 0 Å². The summed E-state index contributed by atoms with van der Waals surface area (Å²) in [5.74, 6) is -3.16. The smallest absolute Gasteiger partial charge is 0.434 e. The largest absolute Gasteiger partial charge is 0.481 e. The van der Waals surface area contributed by atoms with Gasteiger partial charge in [-0.05, 0) is 68.8 Å². The van der Waals surface area contributed by atoms with E-state index in [1.807, 2.05) is 4.90 Å². The summed E-state index contributed by atoms with van der Waals surface area (Å²) < 4.78 is 80.9. The Balaban J connectivity index is 1.44. The molecule has 1 spiro atoms. The fourth-order valence-electron chi connectivity index (χ4n) is 6.17. The van der Waals surface area contributed by atoms with Crippen molar-refractivity contribution >= 4 is 23.9 Å². The predicted octanol–water partition coefficient (Wildman–Crippen LogP) is 4.38. The van der Waals surface area contributed by atoms with E-state index in [1.165, 1.54) is 17.0 Å². The third kappa shape index (κ3) is 7.33. The van der Waals surface area contributed by atoms with E-state index in [1.54, 1.807) is 6.07 Å². The molecule has 0 atom stereocenters. The number of hydrogen-bond donors (Lipinski definition) is 2. The number of aromatic carboxylic acids is 1. The molecule has 3 aliphatic heterocycles. The summed E-state index contributed by atoms with van der Waals surface area (Å²) in [7, 11) is 0. The number of halogens is 6. The molecule has 43 heavy (non-hydrogen) atoms. The minimum absolute atomic E-state index is 0.115. The van der Waals surface area contributed by atoms with E-state index in [-0.39, 0.29) is 69.5 Å². The van der Waals surface area contributed by atoms with Gasteiger partial charge >= 0.3 is 30.4 Å². The van der Waals surface area contributed by atoms with Gasteiger partial charge in [0.25, 0.3) is 12.0 Å². The number of ether oxygens (including phenoxy) is 1. The Morgan fingerprint density at radius 1 is 0.837 bits per heavy atom. The molecule has 1 aromatic rings. The van der Waals surface area contributed by atoms with Crippen molar-refractivity contribution in [1.29, 1.82) is 0 Å². The summed E-state index contributed by atoms with van der Waals surface area (Å²) in [5, 5.41) is 18.9. The number of carboxylic acid groups (broad SMARTS) is 2. The lowest BCUT2D eigenvalue weighted by molar-refractivity contribution is -0.308. The van der Waals surface area contributed by atoms with Crippen LogP contribution in [-0.4, -0.2) is 106 Å². The Kier molecular flexibility index (Phi) is 9.19. The van der Waals surface area contributed by atoms with Gasteiger partial charge in [-0.3, -0.25) is 14.5 Å². The molecule has 238 valence electrons. The monoisotopic (exact) mass is 623 g/mol. The molecule has 4 rings (SSSR count). The Hall–Kier alpha value is -3.56. The van der Waals surface area contributed by atoms with Crippen LogP contribution in [0.5, 0.6) is 0 Å². The third-order valence-corrected chi connectivity index (χ3v) is 8.50. The van der Waals surface area contributed by atoms with Crippen LogP contribution in [0.2, 0.25) is 0 Å². The van der Waals surface area contributed by atoms with E-state index in [0.29, 0.717) is 18.5 Å². The lowest BCUT2D eigenvalue weighted by Gasteiger charge is -2.45. The van der Waals surface area contributed by atoms with Gasteiger partial charge in [-0.15, -0.1) is 0 Å². The fourth-order valence-corrected chi connectivity index (χ4v) is 6.17. The van der Waals surface area contributed by atoms with E-state index in [0.717, 1.165) is 11.3 Å². The van der Waals surface area contributed by atoms with Crippen LogP contribution in [0.25, 0.3) is 0 Å². The van der Waals surface area contributed by atoms with Crippen molar-refractivity contribution in [3.8, 4) is 0 Å². The van der Waals surface area contributed by atoms with Crippen molar-refractivity contribution in [2.24, 2.45) is 5.92 Å². The number of amides is 2. The number of rotatable bonds is 6. The molecule has 2 amide bonds. The highest BCUT2D eigenvalue weighted by atomic mass is 19.4. The van der Waals surface area contributed by atoms with Crippen LogP contribution < -0.4 is 0 Å². The van der Waals surface area contributed by atoms with Crippen LogP contribution in [0, 0.1) is 5.92 Å². The maximum Gasteiger partial charge on any atom is 0.434 e. The van der Waals surface area contributed by atoms with Crippen LogP contribution in [0.3, 0.4) is 0 Å². The number of hydrogen-bond acceptors (Lipinski definition) is 6. The Labute approximate surface area is 242 Å². The number of likely N-dealkylation sites (tertiary alicyclic amines) is 3. The second kappa shape index (κ2) is 12.2. The second-order valence-electron chi connectivity index (χ2n) is 11.2. The number of aliphatic carboxylic acids is 1. The molecule has 3 aliphatic rings. The highest BCUT2D eigenvalue weighted by molar-refractivity contribution is 5.98. The molecule has 3 fully saturated rings. The van der Waals surface area contributed by atoms with E-state index in [2.05, 4.69) is 4.74 Å². The van der Waals surface area contributed by atoms with E-state index in [9.17, 15) is 55.7 Å². The predicted molar refractivity (Wildman–Crippen MR) is 135 cm³/mol. The van der Waals surface area contributed by atoms with E-state index >= 15 is 0 Å². The topological polar surface area (TPSA) is 128 Å². The average molecular weight is 624 g/mol.